The minimum atomic E-state index is -3.35. The quantitative estimate of drug-likeness (QED) is 0.767. The average molecular weight is 264 g/mol. The number of thioether (sulfide) groups is 1. The molecule has 6 heteroatoms. The van der Waals surface area contributed by atoms with Crippen LogP contribution in [0.15, 0.2) is 29.2 Å². The summed E-state index contributed by atoms with van der Waals surface area (Å²) < 4.78 is 24.8. The van der Waals surface area contributed by atoms with Gasteiger partial charge < -0.3 is 0 Å². The van der Waals surface area contributed by atoms with Crippen molar-refractivity contribution < 1.29 is 8.42 Å². The Morgan fingerprint density at radius 2 is 2.13 bits per heavy atom. The van der Waals surface area contributed by atoms with E-state index in [1.54, 1.807) is 11.8 Å². The number of fused-ring (bicyclic) bond motifs is 1. The molecular formula is C9H10ClNO2S2. The molecule has 0 radical (unpaired) electrons. The van der Waals surface area contributed by atoms with Crippen molar-refractivity contribution in [2.75, 3.05) is 21.8 Å². The van der Waals surface area contributed by atoms with Gasteiger partial charge in [0.25, 0.3) is 0 Å². The third-order valence-corrected chi connectivity index (χ3v) is 5.36. The fraction of sp³-hybridized carbons (Fsp3) is 0.333. The van der Waals surface area contributed by atoms with Gasteiger partial charge in [-0.25, -0.2) is 8.42 Å². The lowest BCUT2D eigenvalue weighted by Gasteiger charge is -2.29. The van der Waals surface area contributed by atoms with Crippen LogP contribution >= 0.6 is 23.4 Å². The van der Waals surface area contributed by atoms with Crippen molar-refractivity contribution in [1.29, 1.82) is 0 Å². The summed E-state index contributed by atoms with van der Waals surface area (Å²) in [5.74, 6) is 0.771. The summed E-state index contributed by atoms with van der Waals surface area (Å²) in [6.07, 6.45) is 0. The van der Waals surface area contributed by atoms with Gasteiger partial charge in [-0.15, -0.1) is 23.4 Å². The first-order valence-electron chi connectivity index (χ1n) is 4.43. The average Bonchev–Trinajstić information content (AvgIpc) is 2.28. The van der Waals surface area contributed by atoms with Crippen molar-refractivity contribution in [2.45, 2.75) is 4.90 Å². The van der Waals surface area contributed by atoms with Crippen LogP contribution in [0.4, 0.5) is 5.69 Å². The molecule has 1 aliphatic rings. The van der Waals surface area contributed by atoms with Crippen LogP contribution in [-0.4, -0.2) is 25.9 Å². The lowest BCUT2D eigenvalue weighted by atomic mass is 10.3. The van der Waals surface area contributed by atoms with Crippen molar-refractivity contribution in [3.8, 4) is 0 Å². The van der Waals surface area contributed by atoms with Gasteiger partial charge in [-0.1, -0.05) is 12.1 Å². The summed E-state index contributed by atoms with van der Waals surface area (Å²) in [6, 6.07) is 7.48. The second-order valence-corrected chi connectivity index (χ2v) is 6.72. The first-order chi connectivity index (χ1) is 7.15. The SMILES string of the molecule is O=S(=O)(CCl)N1CCSc2ccccc21. The lowest BCUT2D eigenvalue weighted by Crippen LogP contribution is -2.35. The van der Waals surface area contributed by atoms with Crippen molar-refractivity contribution >= 4 is 39.1 Å². The van der Waals surface area contributed by atoms with Gasteiger partial charge >= 0.3 is 0 Å². The normalized spacial score (nSPS) is 16.2. The molecule has 0 spiro atoms. The van der Waals surface area contributed by atoms with Crippen LogP contribution < -0.4 is 4.31 Å². The molecule has 0 aliphatic carbocycles. The van der Waals surface area contributed by atoms with E-state index in [2.05, 4.69) is 0 Å². The number of para-hydroxylation sites is 1. The molecule has 0 atom stereocenters. The van der Waals surface area contributed by atoms with Crippen LogP contribution in [0.1, 0.15) is 0 Å². The van der Waals surface area contributed by atoms with E-state index in [1.165, 1.54) is 4.31 Å². The van der Waals surface area contributed by atoms with Crippen LogP contribution in [0.25, 0.3) is 0 Å². The van der Waals surface area contributed by atoms with Gasteiger partial charge in [-0.3, -0.25) is 4.31 Å². The number of hydrogen-bond acceptors (Lipinski definition) is 3. The molecule has 3 nitrogen and oxygen atoms in total. The van der Waals surface area contributed by atoms with Crippen molar-refractivity contribution in [3.05, 3.63) is 24.3 Å². The fourth-order valence-corrected chi connectivity index (χ4v) is 3.96. The third kappa shape index (κ3) is 2.09. The molecule has 0 bridgehead atoms. The smallest absolute Gasteiger partial charge is 0.249 e. The molecule has 0 fully saturated rings. The first kappa shape index (κ1) is 11.1. The maximum atomic E-state index is 11.7. The first-order valence-corrected chi connectivity index (χ1v) is 7.56. The zero-order valence-electron chi connectivity index (χ0n) is 7.89. The van der Waals surface area contributed by atoms with E-state index in [-0.39, 0.29) is 5.21 Å². The highest BCUT2D eigenvalue weighted by atomic mass is 35.5. The Balaban J connectivity index is 2.47. The topological polar surface area (TPSA) is 37.4 Å². The molecule has 0 saturated carbocycles. The van der Waals surface area contributed by atoms with Crippen molar-refractivity contribution in [3.63, 3.8) is 0 Å². The molecule has 0 aromatic heterocycles. The van der Waals surface area contributed by atoms with Gasteiger partial charge in [0, 0.05) is 17.2 Å². The summed E-state index contributed by atoms with van der Waals surface area (Å²) in [7, 11) is -3.35. The predicted octanol–water partition coefficient (Wildman–Crippen LogP) is 2.12. The Morgan fingerprint density at radius 3 is 2.87 bits per heavy atom. The maximum Gasteiger partial charge on any atom is 0.249 e. The van der Waals surface area contributed by atoms with Gasteiger partial charge in [-0.05, 0) is 12.1 Å². The highest BCUT2D eigenvalue weighted by molar-refractivity contribution is 8.00. The van der Waals surface area contributed by atoms with Gasteiger partial charge in [0.1, 0.15) is 5.21 Å². The lowest BCUT2D eigenvalue weighted by molar-refractivity contribution is 0.596. The van der Waals surface area contributed by atoms with E-state index in [0.29, 0.717) is 6.54 Å². The molecule has 0 saturated heterocycles. The highest BCUT2D eigenvalue weighted by Crippen LogP contribution is 2.35. The second kappa shape index (κ2) is 4.23. The number of hydrogen-bond donors (Lipinski definition) is 0. The number of sulfonamides is 1. The molecule has 1 heterocycles. The van der Waals surface area contributed by atoms with E-state index < -0.39 is 10.0 Å². The fourth-order valence-electron chi connectivity index (χ4n) is 1.49. The second-order valence-electron chi connectivity index (χ2n) is 3.11. The molecule has 1 aromatic carbocycles. The van der Waals surface area contributed by atoms with Crippen LogP contribution in [0, 0.1) is 0 Å². The zero-order chi connectivity index (χ0) is 10.9. The molecule has 0 unspecified atom stereocenters. The monoisotopic (exact) mass is 263 g/mol. The molecule has 82 valence electrons. The van der Waals surface area contributed by atoms with Crippen LogP contribution in [-0.2, 0) is 10.0 Å². The van der Waals surface area contributed by atoms with Gasteiger partial charge in [0.05, 0.1) is 5.69 Å². The van der Waals surface area contributed by atoms with Crippen LogP contribution in [0.3, 0.4) is 0 Å². The standard InChI is InChI=1S/C9H10ClNO2S2/c10-7-15(12,13)11-5-6-14-9-4-2-1-3-8(9)11/h1-4H,5-7H2. The summed E-state index contributed by atoms with van der Waals surface area (Å²) >= 11 is 7.13. The number of anilines is 1. The van der Waals surface area contributed by atoms with E-state index >= 15 is 0 Å². The Hall–Kier alpha value is -0.390. The van der Waals surface area contributed by atoms with E-state index in [9.17, 15) is 8.42 Å². The molecule has 0 amide bonds. The largest absolute Gasteiger partial charge is 0.267 e. The number of halogens is 1. The van der Waals surface area contributed by atoms with Crippen LogP contribution in [0.2, 0.25) is 0 Å². The number of rotatable bonds is 2. The Bertz CT molecular complexity index is 461. The summed E-state index contributed by atoms with van der Waals surface area (Å²) in [6.45, 7) is 0.497. The van der Waals surface area contributed by atoms with Gasteiger partial charge in [0.15, 0.2) is 0 Å². The summed E-state index contributed by atoms with van der Waals surface area (Å²) in [5.41, 5.74) is 0.745. The van der Waals surface area contributed by atoms with E-state index in [0.717, 1.165) is 16.3 Å². The Labute approximate surface area is 98.5 Å². The number of nitrogens with zero attached hydrogens (tertiary/aromatic N) is 1. The van der Waals surface area contributed by atoms with Gasteiger partial charge in [-0.2, -0.15) is 0 Å². The Kier molecular flexibility index (Phi) is 3.13. The molecular weight excluding hydrogens is 254 g/mol. The minimum Gasteiger partial charge on any atom is -0.267 e. The van der Waals surface area contributed by atoms with E-state index in [4.69, 9.17) is 11.6 Å². The number of alkyl halides is 1. The van der Waals surface area contributed by atoms with Crippen LogP contribution in [0.5, 0.6) is 0 Å². The molecule has 15 heavy (non-hydrogen) atoms. The molecule has 2 rings (SSSR count). The van der Waals surface area contributed by atoms with E-state index in [1.807, 2.05) is 24.3 Å². The third-order valence-electron chi connectivity index (χ3n) is 2.16. The van der Waals surface area contributed by atoms with Gasteiger partial charge in [0.2, 0.25) is 10.0 Å². The molecule has 1 aromatic rings. The zero-order valence-corrected chi connectivity index (χ0v) is 10.3. The highest BCUT2D eigenvalue weighted by Gasteiger charge is 2.26. The Morgan fingerprint density at radius 1 is 1.40 bits per heavy atom. The minimum absolute atomic E-state index is 0.369. The molecule has 0 N–H and O–H groups in total. The predicted molar refractivity (Wildman–Crippen MR) is 64.2 cm³/mol. The number of benzene rings is 1. The van der Waals surface area contributed by atoms with Crippen molar-refractivity contribution in [1.82, 2.24) is 0 Å². The summed E-state index contributed by atoms with van der Waals surface area (Å²) in [4.78, 5) is 0.998. The maximum absolute atomic E-state index is 11.7. The molecule has 1 aliphatic heterocycles. The van der Waals surface area contributed by atoms with Crippen molar-refractivity contribution in [2.24, 2.45) is 0 Å². The summed E-state index contributed by atoms with van der Waals surface area (Å²) in [5, 5.41) is -0.369.